The third-order valence-electron chi connectivity index (χ3n) is 16.9. The molecule has 1 unspecified atom stereocenters. The van der Waals surface area contributed by atoms with Crippen molar-refractivity contribution in [1.82, 2.24) is 10.2 Å². The summed E-state index contributed by atoms with van der Waals surface area (Å²) < 4.78 is 0. The van der Waals surface area contributed by atoms with Gasteiger partial charge in [0, 0.05) is 13.1 Å². The fourth-order valence-electron chi connectivity index (χ4n) is 14.3. The number of likely N-dealkylation sites (tertiary alicyclic amines) is 1. The highest BCUT2D eigenvalue weighted by atomic mass is 16.4. The van der Waals surface area contributed by atoms with Crippen molar-refractivity contribution in [3.8, 4) is 0 Å². The van der Waals surface area contributed by atoms with Crippen LogP contribution in [-0.2, 0) is 9.59 Å². The molecule has 5 fully saturated rings. The van der Waals surface area contributed by atoms with Gasteiger partial charge in [0.05, 0.1) is 12.1 Å². The molecule has 0 spiro atoms. The van der Waals surface area contributed by atoms with Gasteiger partial charge in [0.1, 0.15) is 6.04 Å². The summed E-state index contributed by atoms with van der Waals surface area (Å²) in [6.07, 6.45) is 14.6. The van der Waals surface area contributed by atoms with Crippen LogP contribution in [0.25, 0.3) is 5.57 Å². The Balaban J connectivity index is 1.14. The number of aliphatic carboxylic acids is 1. The molecule has 3 N–H and O–H groups in total. The third-order valence-corrected chi connectivity index (χ3v) is 16.9. The van der Waals surface area contributed by atoms with Gasteiger partial charge >= 0.3 is 11.9 Å². The molecule has 0 bridgehead atoms. The van der Waals surface area contributed by atoms with E-state index in [0.717, 1.165) is 24.9 Å². The largest absolute Gasteiger partial charge is 0.480 e. The summed E-state index contributed by atoms with van der Waals surface area (Å²) in [6, 6.07) is 6.84. The highest BCUT2D eigenvalue weighted by Crippen LogP contribution is 2.77. The zero-order valence-electron chi connectivity index (χ0n) is 32.0. The molecule has 1 aromatic carbocycles. The maximum Gasteiger partial charge on any atom is 0.335 e. The van der Waals surface area contributed by atoms with Crippen LogP contribution in [0, 0.1) is 56.7 Å². The minimum Gasteiger partial charge on any atom is -0.480 e. The first-order valence-corrected chi connectivity index (χ1v) is 19.9. The van der Waals surface area contributed by atoms with E-state index in [2.05, 4.69) is 59.5 Å². The quantitative estimate of drug-likeness (QED) is 0.235. The number of allylic oxidation sites excluding steroid dienone is 3. The molecule has 7 heteroatoms. The molecule has 6 aliphatic rings. The topological polar surface area (TPSA) is 107 Å². The van der Waals surface area contributed by atoms with Crippen LogP contribution in [0.3, 0.4) is 0 Å². The van der Waals surface area contributed by atoms with Crippen LogP contribution < -0.4 is 5.32 Å². The molecule has 7 nitrogen and oxygen atoms in total. The molecule has 51 heavy (non-hydrogen) atoms. The van der Waals surface area contributed by atoms with E-state index in [1.54, 1.807) is 17.0 Å². The van der Waals surface area contributed by atoms with Gasteiger partial charge < -0.3 is 20.4 Å². The fourth-order valence-corrected chi connectivity index (χ4v) is 14.3. The Morgan fingerprint density at radius 3 is 2.27 bits per heavy atom. The van der Waals surface area contributed by atoms with E-state index in [4.69, 9.17) is 0 Å². The molecule has 1 saturated heterocycles. The van der Waals surface area contributed by atoms with Gasteiger partial charge in [-0.1, -0.05) is 65.0 Å². The molecule has 1 heterocycles. The molecule has 1 aliphatic heterocycles. The van der Waals surface area contributed by atoms with Crippen molar-refractivity contribution in [2.75, 3.05) is 19.6 Å². The van der Waals surface area contributed by atoms with Gasteiger partial charge in [0.15, 0.2) is 0 Å². The van der Waals surface area contributed by atoms with E-state index < -0.39 is 18.0 Å². The minimum absolute atomic E-state index is 0.0162. The van der Waals surface area contributed by atoms with Crippen LogP contribution in [0.5, 0.6) is 0 Å². The second-order valence-electron chi connectivity index (χ2n) is 19.2. The number of benzene rings is 1. The second-order valence-corrected chi connectivity index (χ2v) is 19.2. The molecule has 5 aliphatic carbocycles. The zero-order chi connectivity index (χ0) is 36.7. The first-order valence-electron chi connectivity index (χ1n) is 19.9. The summed E-state index contributed by atoms with van der Waals surface area (Å²) in [5, 5.41) is 22.8. The Morgan fingerprint density at radius 1 is 0.882 bits per heavy atom. The van der Waals surface area contributed by atoms with Crippen LogP contribution in [0.15, 0.2) is 42.5 Å². The molecule has 0 radical (unpaired) electrons. The van der Waals surface area contributed by atoms with Crippen molar-refractivity contribution < 1.29 is 24.6 Å². The lowest BCUT2D eigenvalue weighted by Crippen LogP contribution is -2.66. The maximum atomic E-state index is 13.2. The summed E-state index contributed by atoms with van der Waals surface area (Å²) in [6.45, 7) is 21.2. The Labute approximate surface area is 305 Å². The van der Waals surface area contributed by atoms with E-state index in [1.807, 2.05) is 12.1 Å². The van der Waals surface area contributed by atoms with E-state index >= 15 is 0 Å². The van der Waals surface area contributed by atoms with Crippen molar-refractivity contribution >= 4 is 23.4 Å². The number of amides is 1. The van der Waals surface area contributed by atoms with Crippen molar-refractivity contribution in [2.45, 2.75) is 118 Å². The molecule has 1 amide bonds. The Morgan fingerprint density at radius 2 is 1.61 bits per heavy atom. The number of rotatable bonds is 8. The van der Waals surface area contributed by atoms with Crippen LogP contribution in [-0.4, -0.2) is 58.6 Å². The summed E-state index contributed by atoms with van der Waals surface area (Å²) in [7, 11) is 0. The Bertz CT molecular complexity index is 1630. The van der Waals surface area contributed by atoms with E-state index in [1.165, 1.54) is 62.5 Å². The lowest BCUT2D eigenvalue weighted by molar-refractivity contribution is -0.225. The summed E-state index contributed by atoms with van der Waals surface area (Å²) in [5.74, 6) is 0.990. The zero-order valence-corrected chi connectivity index (χ0v) is 32.0. The highest BCUT2D eigenvalue weighted by Gasteiger charge is 2.70. The first-order chi connectivity index (χ1) is 24.0. The van der Waals surface area contributed by atoms with Gasteiger partial charge in [0.2, 0.25) is 5.91 Å². The van der Waals surface area contributed by atoms with Gasteiger partial charge in [-0.3, -0.25) is 4.79 Å². The minimum atomic E-state index is -0.890. The highest BCUT2D eigenvalue weighted by molar-refractivity contribution is 5.88. The number of nitrogens with one attached hydrogen (secondary N) is 1. The normalized spacial score (nSPS) is 41.1. The number of carboxylic acid groups (broad SMARTS) is 2. The number of carbonyl (C=O) groups excluding carboxylic acids is 1. The number of carbonyl (C=O) groups is 3. The monoisotopic (exact) mass is 698 g/mol. The smallest absolute Gasteiger partial charge is 0.335 e. The first kappa shape index (κ1) is 36.4. The lowest BCUT2D eigenvalue weighted by atomic mass is 9.32. The molecule has 10 atom stereocenters. The fraction of sp³-hybridized carbons (Fsp3) is 0.705. The number of hydrogen-bond donors (Lipinski definition) is 3. The van der Waals surface area contributed by atoms with Gasteiger partial charge in [-0.15, -0.1) is 0 Å². The van der Waals surface area contributed by atoms with Gasteiger partial charge in [-0.2, -0.15) is 0 Å². The molecule has 7 rings (SSSR count). The number of nitrogens with zero attached hydrogens (tertiary/aromatic N) is 1. The summed E-state index contributed by atoms with van der Waals surface area (Å²) >= 11 is 0. The average Bonchev–Trinajstić information content (AvgIpc) is 3.72. The Hall–Kier alpha value is -2.93. The lowest BCUT2D eigenvalue weighted by Gasteiger charge is -2.72. The predicted octanol–water partition coefficient (Wildman–Crippen LogP) is 8.70. The van der Waals surface area contributed by atoms with Crippen LogP contribution in [0.4, 0.5) is 0 Å². The maximum absolute atomic E-state index is 13.2. The van der Waals surface area contributed by atoms with E-state index in [9.17, 15) is 24.6 Å². The van der Waals surface area contributed by atoms with Crippen molar-refractivity contribution in [2.24, 2.45) is 56.7 Å². The van der Waals surface area contributed by atoms with Crippen LogP contribution in [0.2, 0.25) is 0 Å². The van der Waals surface area contributed by atoms with E-state index in [-0.39, 0.29) is 39.5 Å². The molecular formula is C44H62N2O5. The Kier molecular flexibility index (Phi) is 8.99. The third kappa shape index (κ3) is 5.40. The summed E-state index contributed by atoms with van der Waals surface area (Å²) in [5.41, 5.74) is 4.94. The van der Waals surface area contributed by atoms with E-state index in [0.29, 0.717) is 48.1 Å². The number of carboxylic acids is 2. The van der Waals surface area contributed by atoms with Gasteiger partial charge in [-0.25, -0.2) is 9.59 Å². The SMILES string of the molecule is C=C(C)[C@@H]1CC[C@]2(CNCC(=O)N3CCCC3C(=O)O)CC[C@]3(C)[C@H](CC[C@@H]4[C@@]5(C)CC=C(c6ccc(C(=O)O)cc6)C(C)(C)[C@@H]5CC[C@]43C)[C@@H]12. The molecule has 4 saturated carbocycles. The van der Waals surface area contributed by atoms with Crippen LogP contribution in [0.1, 0.15) is 128 Å². The molecule has 1 aromatic rings. The molecular weight excluding hydrogens is 636 g/mol. The number of hydrogen-bond acceptors (Lipinski definition) is 4. The average molecular weight is 699 g/mol. The molecule has 0 aromatic heterocycles. The second kappa shape index (κ2) is 12.6. The van der Waals surface area contributed by atoms with Crippen molar-refractivity contribution in [3.63, 3.8) is 0 Å². The van der Waals surface area contributed by atoms with Crippen LogP contribution >= 0.6 is 0 Å². The number of aromatic carboxylic acids is 1. The number of fused-ring (bicyclic) bond motifs is 7. The summed E-state index contributed by atoms with van der Waals surface area (Å²) in [4.78, 5) is 38.1. The standard InChI is InChI=1S/C44H62N2O5/c1-27(2)30-16-21-44(26-45-25-36(47)46-24-8-9-33(46)39(50)51)23-22-42(6)32(37(30)44)14-15-35-41(5)19-17-31(28-10-12-29(13-11-28)38(48)49)40(3,4)34(41)18-20-43(35,42)7/h10-13,17,30,32-35,37,45H,1,8-9,14-16,18-26H2,2-7H3,(H,48,49)(H,50,51)/t30-,32+,33?,34-,35+,37+,41-,42+,43+,44+/m0/s1. The van der Waals surface area contributed by atoms with Gasteiger partial charge in [-0.05, 0) is 157 Å². The predicted molar refractivity (Wildman–Crippen MR) is 201 cm³/mol. The van der Waals surface area contributed by atoms with Crippen molar-refractivity contribution in [3.05, 3.63) is 53.6 Å². The van der Waals surface area contributed by atoms with Gasteiger partial charge in [0.25, 0.3) is 0 Å². The molecule has 278 valence electrons. The van der Waals surface area contributed by atoms with Crippen molar-refractivity contribution in [1.29, 1.82) is 0 Å².